The van der Waals surface area contributed by atoms with Gasteiger partial charge >= 0.3 is 0 Å². The van der Waals surface area contributed by atoms with E-state index >= 15 is 0 Å². The van der Waals surface area contributed by atoms with Crippen molar-refractivity contribution < 1.29 is 4.79 Å². The van der Waals surface area contributed by atoms with E-state index in [9.17, 15) is 4.79 Å². The lowest BCUT2D eigenvalue weighted by Gasteiger charge is -2.31. The summed E-state index contributed by atoms with van der Waals surface area (Å²) in [7, 11) is 0. The van der Waals surface area contributed by atoms with Crippen molar-refractivity contribution in [3.63, 3.8) is 0 Å². The van der Waals surface area contributed by atoms with Gasteiger partial charge in [-0.3, -0.25) is 4.79 Å². The molecule has 1 aromatic heterocycles. The summed E-state index contributed by atoms with van der Waals surface area (Å²) in [6.07, 6.45) is 5.14. The molecule has 4 heteroatoms. The first-order valence-electron chi connectivity index (χ1n) is 6.11. The third-order valence-corrected chi connectivity index (χ3v) is 3.89. The Balaban J connectivity index is 1.99. The van der Waals surface area contributed by atoms with Crippen LogP contribution in [0.3, 0.4) is 0 Å². The lowest BCUT2D eigenvalue weighted by atomic mass is 9.94. The van der Waals surface area contributed by atoms with Crippen LogP contribution in [0.15, 0.2) is 22.8 Å². The normalized spacial score (nSPS) is 17.2. The minimum Gasteiger partial charge on any atom is -0.337 e. The Hall–Kier alpha value is -0.900. The van der Waals surface area contributed by atoms with Crippen LogP contribution < -0.4 is 0 Å². The molecule has 1 fully saturated rings. The van der Waals surface area contributed by atoms with Gasteiger partial charge in [0.15, 0.2) is 0 Å². The number of rotatable bonds is 2. The number of likely N-dealkylation sites (tertiary alicyclic amines) is 1. The summed E-state index contributed by atoms with van der Waals surface area (Å²) in [5.74, 6) is 0.851. The third kappa shape index (κ3) is 3.06. The molecular weight excluding hydrogens is 280 g/mol. The molecule has 0 N–H and O–H groups in total. The van der Waals surface area contributed by atoms with Crippen LogP contribution in [0, 0.1) is 5.92 Å². The summed E-state index contributed by atoms with van der Waals surface area (Å²) in [6, 6.07) is 3.64. The molecule has 92 valence electrons. The molecule has 2 heterocycles. The minimum atomic E-state index is 0.0621. The molecule has 0 radical (unpaired) electrons. The standard InChI is InChI=1S/C13H17BrN2O/c1-2-10-5-7-16(8-6-10)13(17)12-4-3-11(14)9-15-12/h3-4,9-10H,2,5-8H2,1H3. The van der Waals surface area contributed by atoms with E-state index in [4.69, 9.17) is 0 Å². The maximum atomic E-state index is 12.2. The lowest BCUT2D eigenvalue weighted by Crippen LogP contribution is -2.38. The van der Waals surface area contributed by atoms with Crippen LogP contribution >= 0.6 is 15.9 Å². The molecule has 0 aromatic carbocycles. The maximum absolute atomic E-state index is 12.2. The lowest BCUT2D eigenvalue weighted by molar-refractivity contribution is 0.0683. The number of amides is 1. The molecular formula is C13H17BrN2O. The SMILES string of the molecule is CCC1CCN(C(=O)c2ccc(Br)cn2)CC1. The number of carbonyl (C=O) groups is 1. The van der Waals surface area contributed by atoms with Crippen molar-refractivity contribution in [2.45, 2.75) is 26.2 Å². The number of hydrogen-bond donors (Lipinski definition) is 0. The van der Waals surface area contributed by atoms with E-state index in [0.717, 1.165) is 36.3 Å². The summed E-state index contributed by atoms with van der Waals surface area (Å²) >= 11 is 3.32. The minimum absolute atomic E-state index is 0.0621. The molecule has 1 aliphatic rings. The molecule has 1 amide bonds. The number of halogens is 1. The van der Waals surface area contributed by atoms with Crippen LogP contribution in [0.25, 0.3) is 0 Å². The van der Waals surface area contributed by atoms with Gasteiger partial charge in [0.05, 0.1) is 0 Å². The van der Waals surface area contributed by atoms with Crippen LogP contribution in [0.4, 0.5) is 0 Å². The molecule has 3 nitrogen and oxygen atoms in total. The highest BCUT2D eigenvalue weighted by atomic mass is 79.9. The van der Waals surface area contributed by atoms with Gasteiger partial charge in [0.2, 0.25) is 0 Å². The summed E-state index contributed by atoms with van der Waals surface area (Å²) in [4.78, 5) is 18.2. The monoisotopic (exact) mass is 296 g/mol. The molecule has 2 rings (SSSR count). The maximum Gasteiger partial charge on any atom is 0.272 e. The third-order valence-electron chi connectivity index (χ3n) is 3.43. The molecule has 0 atom stereocenters. The van der Waals surface area contributed by atoms with Crippen molar-refractivity contribution in [3.8, 4) is 0 Å². The number of aromatic nitrogens is 1. The highest BCUT2D eigenvalue weighted by Crippen LogP contribution is 2.21. The highest BCUT2D eigenvalue weighted by molar-refractivity contribution is 9.10. The van der Waals surface area contributed by atoms with Crippen LogP contribution in [0.2, 0.25) is 0 Å². The average Bonchev–Trinajstić information content (AvgIpc) is 2.39. The summed E-state index contributed by atoms with van der Waals surface area (Å²) in [5.41, 5.74) is 0.545. The van der Waals surface area contributed by atoms with Gasteiger partial charge < -0.3 is 4.90 Å². The number of hydrogen-bond acceptors (Lipinski definition) is 2. The van der Waals surface area contributed by atoms with Gasteiger partial charge in [-0.1, -0.05) is 13.3 Å². The molecule has 1 saturated heterocycles. The van der Waals surface area contributed by atoms with Crippen molar-refractivity contribution in [1.29, 1.82) is 0 Å². The number of pyridine rings is 1. The van der Waals surface area contributed by atoms with Gasteiger partial charge in [0.25, 0.3) is 5.91 Å². The molecule has 0 unspecified atom stereocenters. The van der Waals surface area contributed by atoms with Crippen molar-refractivity contribution in [1.82, 2.24) is 9.88 Å². The van der Waals surface area contributed by atoms with Crippen molar-refractivity contribution >= 4 is 21.8 Å². The van der Waals surface area contributed by atoms with Gasteiger partial charge in [-0.25, -0.2) is 4.98 Å². The second-order valence-corrected chi connectivity index (χ2v) is 5.42. The Morgan fingerprint density at radius 1 is 1.47 bits per heavy atom. The zero-order valence-electron chi connectivity index (χ0n) is 10.0. The number of nitrogens with zero attached hydrogens (tertiary/aromatic N) is 2. The van der Waals surface area contributed by atoms with Gasteiger partial charge in [-0.15, -0.1) is 0 Å². The molecule has 0 bridgehead atoms. The summed E-state index contributed by atoms with van der Waals surface area (Å²) in [6.45, 7) is 3.96. The van der Waals surface area contributed by atoms with Crippen LogP contribution in [-0.2, 0) is 0 Å². The largest absolute Gasteiger partial charge is 0.337 e. The fraction of sp³-hybridized carbons (Fsp3) is 0.538. The zero-order chi connectivity index (χ0) is 12.3. The van der Waals surface area contributed by atoms with Crippen molar-refractivity contribution in [2.75, 3.05) is 13.1 Å². The first kappa shape index (κ1) is 12.6. The van der Waals surface area contributed by atoms with E-state index in [-0.39, 0.29) is 5.91 Å². The Morgan fingerprint density at radius 2 is 2.18 bits per heavy atom. The second-order valence-electron chi connectivity index (χ2n) is 4.51. The van der Waals surface area contributed by atoms with E-state index in [1.807, 2.05) is 11.0 Å². The molecule has 0 saturated carbocycles. The van der Waals surface area contributed by atoms with E-state index in [1.54, 1.807) is 12.3 Å². The van der Waals surface area contributed by atoms with Crippen LogP contribution in [0.1, 0.15) is 36.7 Å². The number of carbonyl (C=O) groups excluding carboxylic acids is 1. The van der Waals surface area contributed by atoms with Gasteiger partial charge in [0, 0.05) is 23.8 Å². The van der Waals surface area contributed by atoms with E-state index in [2.05, 4.69) is 27.8 Å². The second kappa shape index (κ2) is 5.63. The molecule has 0 aliphatic carbocycles. The molecule has 17 heavy (non-hydrogen) atoms. The smallest absolute Gasteiger partial charge is 0.272 e. The zero-order valence-corrected chi connectivity index (χ0v) is 11.6. The van der Waals surface area contributed by atoms with Crippen molar-refractivity contribution in [3.05, 3.63) is 28.5 Å². The van der Waals surface area contributed by atoms with Crippen LogP contribution in [0.5, 0.6) is 0 Å². The molecule has 1 aromatic rings. The summed E-state index contributed by atoms with van der Waals surface area (Å²) < 4.78 is 0.902. The Kier molecular flexibility index (Phi) is 4.15. The van der Waals surface area contributed by atoms with Gasteiger partial charge in [0.1, 0.15) is 5.69 Å². The molecule has 1 aliphatic heterocycles. The fourth-order valence-corrected chi connectivity index (χ4v) is 2.44. The van der Waals surface area contributed by atoms with Crippen molar-refractivity contribution in [2.24, 2.45) is 5.92 Å². The summed E-state index contributed by atoms with van der Waals surface area (Å²) in [5, 5.41) is 0. The van der Waals surface area contributed by atoms with E-state index < -0.39 is 0 Å². The average molecular weight is 297 g/mol. The Labute approximate surface area is 110 Å². The first-order chi connectivity index (χ1) is 8.20. The topological polar surface area (TPSA) is 33.2 Å². The van der Waals surface area contributed by atoms with E-state index in [1.165, 1.54) is 6.42 Å². The quantitative estimate of drug-likeness (QED) is 0.840. The fourth-order valence-electron chi connectivity index (χ4n) is 2.21. The van der Waals surface area contributed by atoms with Gasteiger partial charge in [-0.2, -0.15) is 0 Å². The highest BCUT2D eigenvalue weighted by Gasteiger charge is 2.23. The number of piperidine rings is 1. The first-order valence-corrected chi connectivity index (χ1v) is 6.91. The Morgan fingerprint density at radius 3 is 2.71 bits per heavy atom. The predicted molar refractivity (Wildman–Crippen MR) is 70.9 cm³/mol. The molecule has 0 spiro atoms. The Bertz CT molecular complexity index is 383. The van der Waals surface area contributed by atoms with Crippen LogP contribution in [-0.4, -0.2) is 28.9 Å². The van der Waals surface area contributed by atoms with E-state index in [0.29, 0.717) is 5.69 Å². The van der Waals surface area contributed by atoms with Gasteiger partial charge in [-0.05, 0) is 46.8 Å². The predicted octanol–water partition coefficient (Wildman–Crippen LogP) is 3.11.